The largest absolute Gasteiger partial charge is 0.370 e. The Morgan fingerprint density at radius 2 is 2.05 bits per heavy atom. The third-order valence-electron chi connectivity index (χ3n) is 3.42. The summed E-state index contributed by atoms with van der Waals surface area (Å²) in [6.45, 7) is 6.32. The molecule has 2 N–H and O–H groups in total. The van der Waals surface area contributed by atoms with E-state index in [2.05, 4.69) is 46.2 Å². The summed E-state index contributed by atoms with van der Waals surface area (Å²) in [5, 5.41) is 6.91. The molecule has 2 rings (SSSR count). The van der Waals surface area contributed by atoms with Crippen LogP contribution in [0.5, 0.6) is 0 Å². The number of hydrogen-bond donors (Lipinski definition) is 2. The number of nitrogens with zero attached hydrogens (tertiary/aromatic N) is 2. The van der Waals surface area contributed by atoms with Crippen LogP contribution >= 0.6 is 11.8 Å². The molecule has 0 spiro atoms. The highest BCUT2D eigenvalue weighted by Crippen LogP contribution is 2.25. The summed E-state index contributed by atoms with van der Waals surface area (Å²) in [5.41, 5.74) is 1.21. The fourth-order valence-corrected chi connectivity index (χ4v) is 3.57. The van der Waals surface area contributed by atoms with E-state index < -0.39 is 0 Å². The van der Waals surface area contributed by atoms with Gasteiger partial charge < -0.3 is 10.6 Å². The molecule has 1 aromatic heterocycles. The first-order valence-corrected chi connectivity index (χ1v) is 8.40. The molecule has 0 amide bonds. The lowest BCUT2D eigenvalue weighted by molar-refractivity contribution is 0.630. The van der Waals surface area contributed by atoms with Gasteiger partial charge in [-0.05, 0) is 36.7 Å². The maximum atomic E-state index is 4.41. The summed E-state index contributed by atoms with van der Waals surface area (Å²) in [6, 6.07) is 0. The Hall–Kier alpha value is -0.970. The molecule has 106 valence electrons. The molecule has 1 saturated heterocycles. The minimum absolute atomic E-state index is 0.789. The third kappa shape index (κ3) is 4.00. The lowest BCUT2D eigenvalue weighted by atomic mass is 10.1. The molecule has 1 fully saturated rings. The molecule has 2 heterocycles. The van der Waals surface area contributed by atoms with Gasteiger partial charge in [0.1, 0.15) is 18.0 Å². The highest BCUT2D eigenvalue weighted by molar-refractivity contribution is 7.99. The first kappa shape index (κ1) is 14.4. The minimum Gasteiger partial charge on any atom is -0.370 e. The van der Waals surface area contributed by atoms with Crippen LogP contribution in [0, 0.1) is 5.92 Å². The molecule has 0 bridgehead atoms. The summed E-state index contributed by atoms with van der Waals surface area (Å²) in [5.74, 6) is 5.37. The van der Waals surface area contributed by atoms with E-state index in [4.69, 9.17) is 0 Å². The number of aromatic nitrogens is 2. The lowest BCUT2D eigenvalue weighted by Gasteiger charge is -2.16. The normalized spacial score (nSPS) is 18.5. The predicted molar refractivity (Wildman–Crippen MR) is 84.1 cm³/mol. The van der Waals surface area contributed by atoms with Crippen molar-refractivity contribution in [3.05, 3.63) is 11.9 Å². The highest BCUT2D eigenvalue weighted by Gasteiger charge is 2.16. The van der Waals surface area contributed by atoms with E-state index in [1.165, 1.54) is 23.5 Å². The van der Waals surface area contributed by atoms with Gasteiger partial charge in [0, 0.05) is 18.7 Å². The summed E-state index contributed by atoms with van der Waals surface area (Å²) in [6.07, 6.45) is 5.04. The predicted octanol–water partition coefficient (Wildman–Crippen LogP) is 3.03. The van der Waals surface area contributed by atoms with Gasteiger partial charge in [0.05, 0.1) is 0 Å². The zero-order chi connectivity index (χ0) is 13.5. The van der Waals surface area contributed by atoms with E-state index in [0.29, 0.717) is 0 Å². The molecule has 0 aromatic carbocycles. The second-order valence-corrected chi connectivity index (χ2v) is 6.09. The van der Waals surface area contributed by atoms with Gasteiger partial charge in [0.15, 0.2) is 0 Å². The van der Waals surface area contributed by atoms with E-state index in [1.54, 1.807) is 6.33 Å². The Bertz CT molecular complexity index is 391. The van der Waals surface area contributed by atoms with Crippen LogP contribution in [-0.2, 0) is 6.42 Å². The van der Waals surface area contributed by atoms with E-state index >= 15 is 0 Å². The van der Waals surface area contributed by atoms with Crippen LogP contribution in [0.2, 0.25) is 0 Å². The average molecular weight is 280 g/mol. The Kier molecular flexibility index (Phi) is 5.76. The van der Waals surface area contributed by atoms with Gasteiger partial charge >= 0.3 is 0 Å². The van der Waals surface area contributed by atoms with Gasteiger partial charge in [0.25, 0.3) is 0 Å². The maximum absolute atomic E-state index is 4.41. The third-order valence-corrected chi connectivity index (χ3v) is 4.66. The molecule has 5 heteroatoms. The van der Waals surface area contributed by atoms with Crippen LogP contribution in [0.4, 0.5) is 11.6 Å². The molecule has 0 aliphatic carbocycles. The fraction of sp³-hybridized carbons (Fsp3) is 0.714. The first-order chi connectivity index (χ1) is 9.35. The van der Waals surface area contributed by atoms with Crippen LogP contribution in [0.3, 0.4) is 0 Å². The van der Waals surface area contributed by atoms with Gasteiger partial charge in [-0.3, -0.25) is 0 Å². The molecular formula is C14H24N4S. The zero-order valence-corrected chi connectivity index (χ0v) is 12.7. The number of hydrogen-bond acceptors (Lipinski definition) is 5. The van der Waals surface area contributed by atoms with E-state index in [9.17, 15) is 0 Å². The lowest BCUT2D eigenvalue weighted by Crippen LogP contribution is -2.16. The number of rotatable bonds is 7. The molecule has 1 unspecified atom stereocenters. The topological polar surface area (TPSA) is 49.8 Å². The van der Waals surface area contributed by atoms with Crippen molar-refractivity contribution >= 4 is 23.4 Å². The molecule has 1 atom stereocenters. The molecule has 0 saturated carbocycles. The Morgan fingerprint density at radius 1 is 1.26 bits per heavy atom. The second kappa shape index (κ2) is 7.58. The van der Waals surface area contributed by atoms with Crippen molar-refractivity contribution in [2.24, 2.45) is 5.92 Å². The van der Waals surface area contributed by atoms with Crippen LogP contribution in [0.1, 0.15) is 32.3 Å². The molecule has 19 heavy (non-hydrogen) atoms. The standard InChI is InChI=1S/C14H24N4S/c1-3-6-15-13-12(4-2)14(18-10-17-13)16-8-11-5-7-19-9-11/h10-11H,3-9H2,1-2H3,(H2,15,16,17,18). The SMILES string of the molecule is CCCNc1ncnc(NCC2CCSC2)c1CC. The van der Waals surface area contributed by atoms with Crippen molar-refractivity contribution in [1.29, 1.82) is 0 Å². The monoisotopic (exact) mass is 280 g/mol. The average Bonchev–Trinajstić information content (AvgIpc) is 2.96. The number of nitrogens with one attached hydrogen (secondary N) is 2. The van der Waals surface area contributed by atoms with Gasteiger partial charge in [-0.2, -0.15) is 11.8 Å². The van der Waals surface area contributed by atoms with Crippen molar-refractivity contribution in [2.45, 2.75) is 33.1 Å². The summed E-state index contributed by atoms with van der Waals surface area (Å²) < 4.78 is 0. The fourth-order valence-electron chi connectivity index (χ4n) is 2.28. The van der Waals surface area contributed by atoms with Crippen molar-refractivity contribution in [3.8, 4) is 0 Å². The molecule has 0 radical (unpaired) electrons. The van der Waals surface area contributed by atoms with E-state index in [-0.39, 0.29) is 0 Å². The van der Waals surface area contributed by atoms with Gasteiger partial charge in [0.2, 0.25) is 0 Å². The molecule has 1 aromatic rings. The van der Waals surface area contributed by atoms with Crippen molar-refractivity contribution in [2.75, 3.05) is 35.2 Å². The minimum atomic E-state index is 0.789. The second-order valence-electron chi connectivity index (χ2n) is 4.94. The summed E-state index contributed by atoms with van der Waals surface area (Å²) in [7, 11) is 0. The summed E-state index contributed by atoms with van der Waals surface area (Å²) >= 11 is 2.06. The summed E-state index contributed by atoms with van der Waals surface area (Å²) in [4.78, 5) is 8.77. The van der Waals surface area contributed by atoms with Gasteiger partial charge in [-0.25, -0.2) is 9.97 Å². The molecular weight excluding hydrogens is 256 g/mol. The quantitative estimate of drug-likeness (QED) is 0.804. The van der Waals surface area contributed by atoms with Crippen molar-refractivity contribution < 1.29 is 0 Å². The maximum Gasteiger partial charge on any atom is 0.134 e. The number of anilines is 2. The van der Waals surface area contributed by atoms with Crippen molar-refractivity contribution in [3.63, 3.8) is 0 Å². The molecule has 4 nitrogen and oxygen atoms in total. The molecule has 1 aliphatic heterocycles. The zero-order valence-electron chi connectivity index (χ0n) is 11.9. The van der Waals surface area contributed by atoms with Crippen LogP contribution < -0.4 is 10.6 Å². The Morgan fingerprint density at radius 3 is 2.68 bits per heavy atom. The van der Waals surface area contributed by atoms with Crippen LogP contribution in [0.25, 0.3) is 0 Å². The Labute approximate surface area is 120 Å². The Balaban J connectivity index is 2.01. The first-order valence-electron chi connectivity index (χ1n) is 7.24. The van der Waals surface area contributed by atoms with Gasteiger partial charge in [-0.1, -0.05) is 13.8 Å². The highest BCUT2D eigenvalue weighted by atomic mass is 32.2. The van der Waals surface area contributed by atoms with Crippen molar-refractivity contribution in [1.82, 2.24) is 9.97 Å². The van der Waals surface area contributed by atoms with E-state index in [0.717, 1.165) is 43.5 Å². The molecule has 1 aliphatic rings. The van der Waals surface area contributed by atoms with Gasteiger partial charge in [-0.15, -0.1) is 0 Å². The van der Waals surface area contributed by atoms with E-state index in [1.807, 2.05) is 0 Å². The smallest absolute Gasteiger partial charge is 0.134 e. The van der Waals surface area contributed by atoms with Crippen LogP contribution in [-0.4, -0.2) is 34.6 Å². The van der Waals surface area contributed by atoms with Crippen LogP contribution in [0.15, 0.2) is 6.33 Å². The number of thioether (sulfide) groups is 1.